The summed E-state index contributed by atoms with van der Waals surface area (Å²) in [6, 6.07) is 9.87. The maximum Gasteiger partial charge on any atom is 0.239 e. The molecule has 0 amide bonds. The standard InChI is InChI=1S/C16H18FN3O/c1-20(13-6-4-12(17)5-7-13)15-9-8-14(18)16(19-15)21-10-11-2-3-11/h4-9,11H,2-3,10,18H2,1H3. The Hall–Kier alpha value is -2.30. The summed E-state index contributed by atoms with van der Waals surface area (Å²) in [5.41, 5.74) is 7.28. The summed E-state index contributed by atoms with van der Waals surface area (Å²) in [5, 5.41) is 0. The second-order valence-electron chi connectivity index (χ2n) is 5.35. The first-order chi connectivity index (χ1) is 10.1. The number of halogens is 1. The number of hydrogen-bond donors (Lipinski definition) is 1. The van der Waals surface area contributed by atoms with E-state index in [9.17, 15) is 4.39 Å². The van der Waals surface area contributed by atoms with Gasteiger partial charge in [0, 0.05) is 12.7 Å². The van der Waals surface area contributed by atoms with Crippen LogP contribution in [0.4, 0.5) is 21.6 Å². The maximum atomic E-state index is 13.0. The molecule has 0 radical (unpaired) electrons. The molecule has 110 valence electrons. The predicted molar refractivity (Wildman–Crippen MR) is 81.3 cm³/mol. The number of rotatable bonds is 5. The van der Waals surface area contributed by atoms with Crippen molar-refractivity contribution in [1.82, 2.24) is 4.98 Å². The van der Waals surface area contributed by atoms with Crippen molar-refractivity contribution in [3.05, 3.63) is 42.2 Å². The van der Waals surface area contributed by atoms with Gasteiger partial charge in [-0.1, -0.05) is 0 Å². The minimum absolute atomic E-state index is 0.258. The van der Waals surface area contributed by atoms with Crippen LogP contribution in [-0.2, 0) is 0 Å². The summed E-state index contributed by atoms with van der Waals surface area (Å²) in [6.45, 7) is 0.668. The number of anilines is 3. The lowest BCUT2D eigenvalue weighted by Crippen LogP contribution is -2.13. The lowest BCUT2D eigenvalue weighted by Gasteiger charge is -2.19. The largest absolute Gasteiger partial charge is 0.476 e. The molecular formula is C16H18FN3O. The van der Waals surface area contributed by atoms with Crippen molar-refractivity contribution in [2.45, 2.75) is 12.8 Å². The summed E-state index contributed by atoms with van der Waals surface area (Å²) < 4.78 is 18.7. The quantitative estimate of drug-likeness (QED) is 0.916. The molecule has 4 nitrogen and oxygen atoms in total. The fourth-order valence-corrected chi connectivity index (χ4v) is 2.02. The monoisotopic (exact) mass is 287 g/mol. The van der Waals surface area contributed by atoms with Crippen LogP contribution in [0.3, 0.4) is 0 Å². The van der Waals surface area contributed by atoms with Crippen LogP contribution in [0.1, 0.15) is 12.8 Å². The molecule has 2 N–H and O–H groups in total. The van der Waals surface area contributed by atoms with Crippen LogP contribution in [0.2, 0.25) is 0 Å². The van der Waals surface area contributed by atoms with Crippen LogP contribution in [0.5, 0.6) is 5.88 Å². The number of nitrogens with zero attached hydrogens (tertiary/aromatic N) is 2. The Morgan fingerprint density at radius 3 is 2.62 bits per heavy atom. The van der Waals surface area contributed by atoms with E-state index in [0.717, 1.165) is 5.69 Å². The molecule has 0 spiro atoms. The zero-order valence-corrected chi connectivity index (χ0v) is 11.9. The fraction of sp³-hybridized carbons (Fsp3) is 0.312. The second-order valence-corrected chi connectivity index (χ2v) is 5.35. The van der Waals surface area contributed by atoms with Gasteiger partial charge in [0.05, 0.1) is 12.3 Å². The number of nitrogen functional groups attached to an aromatic ring is 1. The number of pyridine rings is 1. The minimum Gasteiger partial charge on any atom is -0.476 e. The first kappa shape index (κ1) is 13.7. The average molecular weight is 287 g/mol. The highest BCUT2D eigenvalue weighted by Crippen LogP contribution is 2.32. The Morgan fingerprint density at radius 2 is 1.95 bits per heavy atom. The van der Waals surface area contributed by atoms with Crippen molar-refractivity contribution in [2.24, 2.45) is 5.92 Å². The Bertz CT molecular complexity index is 626. The van der Waals surface area contributed by atoms with Gasteiger partial charge in [0.15, 0.2) is 0 Å². The van der Waals surface area contributed by atoms with E-state index >= 15 is 0 Å². The van der Waals surface area contributed by atoms with Gasteiger partial charge >= 0.3 is 0 Å². The molecule has 1 saturated carbocycles. The molecule has 1 aliphatic rings. The molecule has 5 heteroatoms. The predicted octanol–water partition coefficient (Wildman–Crippen LogP) is 3.36. The van der Waals surface area contributed by atoms with Crippen molar-refractivity contribution < 1.29 is 9.13 Å². The number of aromatic nitrogens is 1. The normalized spacial score (nSPS) is 14.0. The van der Waals surface area contributed by atoms with E-state index in [0.29, 0.717) is 29.9 Å². The average Bonchev–Trinajstić information content (AvgIpc) is 3.31. The molecular weight excluding hydrogens is 269 g/mol. The third kappa shape index (κ3) is 3.24. The second kappa shape index (κ2) is 5.60. The van der Waals surface area contributed by atoms with Crippen LogP contribution in [0, 0.1) is 11.7 Å². The van der Waals surface area contributed by atoms with Crippen molar-refractivity contribution in [3.8, 4) is 5.88 Å². The third-order valence-corrected chi connectivity index (χ3v) is 3.59. The number of hydrogen-bond acceptors (Lipinski definition) is 4. The number of ether oxygens (including phenoxy) is 1. The Labute approximate surface area is 123 Å². The van der Waals surface area contributed by atoms with Crippen LogP contribution < -0.4 is 15.4 Å². The molecule has 0 atom stereocenters. The molecule has 0 saturated heterocycles. The first-order valence-corrected chi connectivity index (χ1v) is 7.02. The molecule has 1 aromatic heterocycles. The molecule has 1 heterocycles. The molecule has 1 fully saturated rings. The number of nitrogens with two attached hydrogens (primary N) is 1. The maximum absolute atomic E-state index is 13.0. The van der Waals surface area contributed by atoms with Crippen LogP contribution in [0.15, 0.2) is 36.4 Å². The Balaban J connectivity index is 1.79. The highest BCUT2D eigenvalue weighted by atomic mass is 19.1. The highest BCUT2D eigenvalue weighted by molar-refractivity contribution is 5.62. The van der Waals surface area contributed by atoms with Gasteiger partial charge in [-0.3, -0.25) is 0 Å². The van der Waals surface area contributed by atoms with E-state index in [1.165, 1.54) is 25.0 Å². The minimum atomic E-state index is -0.258. The third-order valence-electron chi connectivity index (χ3n) is 3.59. The summed E-state index contributed by atoms with van der Waals surface area (Å²) >= 11 is 0. The van der Waals surface area contributed by atoms with Gasteiger partial charge in [0.25, 0.3) is 0 Å². The van der Waals surface area contributed by atoms with E-state index in [2.05, 4.69) is 4.98 Å². The highest BCUT2D eigenvalue weighted by Gasteiger charge is 2.22. The molecule has 1 aromatic carbocycles. The van der Waals surface area contributed by atoms with Gasteiger partial charge in [0.1, 0.15) is 11.6 Å². The van der Waals surface area contributed by atoms with E-state index in [4.69, 9.17) is 10.5 Å². The van der Waals surface area contributed by atoms with Crippen LogP contribution in [0.25, 0.3) is 0 Å². The Morgan fingerprint density at radius 1 is 1.24 bits per heavy atom. The smallest absolute Gasteiger partial charge is 0.239 e. The molecule has 1 aliphatic carbocycles. The number of benzene rings is 1. The van der Waals surface area contributed by atoms with Crippen molar-refractivity contribution in [3.63, 3.8) is 0 Å². The van der Waals surface area contributed by atoms with E-state index in [1.807, 2.05) is 18.0 Å². The van der Waals surface area contributed by atoms with Gasteiger partial charge in [-0.15, -0.1) is 0 Å². The van der Waals surface area contributed by atoms with Gasteiger partial charge < -0.3 is 15.4 Å². The van der Waals surface area contributed by atoms with Crippen molar-refractivity contribution >= 4 is 17.2 Å². The zero-order valence-electron chi connectivity index (χ0n) is 11.9. The Kier molecular flexibility index (Phi) is 3.64. The first-order valence-electron chi connectivity index (χ1n) is 7.02. The lowest BCUT2D eigenvalue weighted by molar-refractivity contribution is 0.290. The van der Waals surface area contributed by atoms with E-state index < -0.39 is 0 Å². The zero-order chi connectivity index (χ0) is 14.8. The molecule has 0 aliphatic heterocycles. The molecule has 21 heavy (non-hydrogen) atoms. The fourth-order valence-electron chi connectivity index (χ4n) is 2.02. The lowest BCUT2D eigenvalue weighted by atomic mass is 10.3. The SMILES string of the molecule is CN(c1ccc(F)cc1)c1ccc(N)c(OCC2CC2)n1. The molecule has 0 bridgehead atoms. The molecule has 2 aromatic rings. The van der Waals surface area contributed by atoms with Gasteiger partial charge in [-0.2, -0.15) is 4.98 Å². The van der Waals surface area contributed by atoms with E-state index in [1.54, 1.807) is 18.2 Å². The van der Waals surface area contributed by atoms with Gasteiger partial charge in [-0.25, -0.2) is 4.39 Å². The summed E-state index contributed by atoms with van der Waals surface area (Å²) in [5.74, 6) is 1.56. The van der Waals surface area contributed by atoms with Gasteiger partial charge in [-0.05, 0) is 55.2 Å². The summed E-state index contributed by atoms with van der Waals surface area (Å²) in [7, 11) is 1.87. The van der Waals surface area contributed by atoms with Gasteiger partial charge in [0.2, 0.25) is 5.88 Å². The topological polar surface area (TPSA) is 51.4 Å². The van der Waals surface area contributed by atoms with Crippen molar-refractivity contribution in [2.75, 3.05) is 24.3 Å². The molecule has 0 unspecified atom stereocenters. The summed E-state index contributed by atoms with van der Waals surface area (Å²) in [6.07, 6.45) is 2.43. The van der Waals surface area contributed by atoms with Crippen LogP contribution in [-0.4, -0.2) is 18.6 Å². The van der Waals surface area contributed by atoms with Crippen LogP contribution >= 0.6 is 0 Å². The summed E-state index contributed by atoms with van der Waals surface area (Å²) in [4.78, 5) is 6.32. The molecule has 3 rings (SSSR count). The van der Waals surface area contributed by atoms with Crippen molar-refractivity contribution in [1.29, 1.82) is 0 Å². The van der Waals surface area contributed by atoms with E-state index in [-0.39, 0.29) is 5.82 Å².